The van der Waals surface area contributed by atoms with Gasteiger partial charge in [0.1, 0.15) is 5.82 Å². The van der Waals surface area contributed by atoms with E-state index in [0.29, 0.717) is 33.6 Å². The average Bonchev–Trinajstić information content (AvgIpc) is 2.90. The number of carbonyl (C=O) groups is 2. The van der Waals surface area contributed by atoms with E-state index in [1.165, 1.54) is 6.07 Å². The van der Waals surface area contributed by atoms with Crippen LogP contribution < -0.4 is 11.1 Å². The molecule has 1 aliphatic rings. The minimum atomic E-state index is -0.713. The highest BCUT2D eigenvalue weighted by Crippen LogP contribution is 2.42. The third-order valence-electron chi connectivity index (χ3n) is 5.10. The molecule has 27 heavy (non-hydrogen) atoms. The van der Waals surface area contributed by atoms with Gasteiger partial charge in [-0.3, -0.25) is 9.59 Å². The molecule has 4 N–H and O–H groups in total. The Labute approximate surface area is 161 Å². The van der Waals surface area contributed by atoms with Crippen molar-refractivity contribution in [3.8, 4) is 11.8 Å². The van der Waals surface area contributed by atoms with Gasteiger partial charge < -0.3 is 16.0 Å². The minimum absolute atomic E-state index is 0.0822. The Hall–Kier alpha value is -2.52. The standard InChI is InChI=1S/C20H21ClFN3O2/c1-3-5-15(26)25-12-7-4-6-11(8-12)16-14(22)9-13(20(23)27)19-17(16)18(21)10(2)24-19/h9,11-12,24H,4,6-8H2,1-2H3,(H2,23,27)(H,25,26)/t11-,12-/m1/s1. The van der Waals surface area contributed by atoms with E-state index in [1.54, 1.807) is 13.8 Å². The number of H-pyrrole nitrogens is 1. The number of rotatable bonds is 3. The quantitative estimate of drug-likeness (QED) is 0.701. The first kappa shape index (κ1) is 19.2. The van der Waals surface area contributed by atoms with Crippen LogP contribution in [0, 0.1) is 24.6 Å². The van der Waals surface area contributed by atoms with E-state index >= 15 is 4.39 Å². The molecule has 7 heteroatoms. The van der Waals surface area contributed by atoms with Gasteiger partial charge in [0.15, 0.2) is 0 Å². The van der Waals surface area contributed by atoms with Gasteiger partial charge in [0.05, 0.1) is 16.1 Å². The van der Waals surface area contributed by atoms with Gasteiger partial charge in [-0.15, -0.1) is 0 Å². The number of amides is 2. The van der Waals surface area contributed by atoms with Crippen LogP contribution in [0.25, 0.3) is 10.9 Å². The number of nitrogens with two attached hydrogens (primary N) is 1. The first-order chi connectivity index (χ1) is 12.8. The summed E-state index contributed by atoms with van der Waals surface area (Å²) in [6.07, 6.45) is 3.01. The van der Waals surface area contributed by atoms with Crippen LogP contribution in [0.5, 0.6) is 0 Å². The van der Waals surface area contributed by atoms with Crippen molar-refractivity contribution in [2.45, 2.75) is 51.5 Å². The highest BCUT2D eigenvalue weighted by molar-refractivity contribution is 6.37. The maximum atomic E-state index is 15.0. The van der Waals surface area contributed by atoms with Crippen molar-refractivity contribution in [1.29, 1.82) is 0 Å². The molecule has 0 radical (unpaired) electrons. The fraction of sp³-hybridized carbons (Fsp3) is 0.400. The number of aromatic nitrogens is 1. The van der Waals surface area contributed by atoms with Crippen molar-refractivity contribution in [1.82, 2.24) is 10.3 Å². The first-order valence-electron chi connectivity index (χ1n) is 8.86. The smallest absolute Gasteiger partial charge is 0.296 e. The molecule has 5 nitrogen and oxygen atoms in total. The predicted octanol–water partition coefficient (Wildman–Crippen LogP) is 3.53. The normalized spacial score (nSPS) is 19.4. The first-order valence-corrected chi connectivity index (χ1v) is 9.24. The number of primary amides is 1. The van der Waals surface area contributed by atoms with Crippen LogP contribution >= 0.6 is 11.6 Å². The van der Waals surface area contributed by atoms with Crippen molar-refractivity contribution >= 4 is 34.3 Å². The third kappa shape index (κ3) is 3.65. The molecule has 2 aromatic rings. The second kappa shape index (κ2) is 7.61. The Balaban J connectivity index is 2.04. The minimum Gasteiger partial charge on any atom is -0.366 e. The number of hydrogen-bond donors (Lipinski definition) is 3. The molecule has 1 saturated carbocycles. The van der Waals surface area contributed by atoms with Crippen molar-refractivity contribution < 1.29 is 14.0 Å². The number of nitrogens with one attached hydrogen (secondary N) is 2. The lowest BCUT2D eigenvalue weighted by Gasteiger charge is -2.30. The fourth-order valence-electron chi connectivity index (χ4n) is 3.96. The van der Waals surface area contributed by atoms with E-state index in [4.69, 9.17) is 17.3 Å². The number of fused-ring (bicyclic) bond motifs is 1. The number of aromatic amines is 1. The predicted molar refractivity (Wildman–Crippen MR) is 103 cm³/mol. The molecule has 0 saturated heterocycles. The van der Waals surface area contributed by atoms with E-state index in [9.17, 15) is 9.59 Å². The zero-order valence-electron chi connectivity index (χ0n) is 15.2. The molecule has 2 amide bonds. The summed E-state index contributed by atoms with van der Waals surface area (Å²) in [6.45, 7) is 3.37. The van der Waals surface area contributed by atoms with E-state index in [0.717, 1.165) is 19.3 Å². The van der Waals surface area contributed by atoms with E-state index in [2.05, 4.69) is 22.1 Å². The highest BCUT2D eigenvalue weighted by Gasteiger charge is 2.30. The van der Waals surface area contributed by atoms with Gasteiger partial charge in [0.2, 0.25) is 0 Å². The van der Waals surface area contributed by atoms with Gasteiger partial charge in [0, 0.05) is 22.7 Å². The molecule has 0 bridgehead atoms. The second-order valence-electron chi connectivity index (χ2n) is 6.91. The Morgan fingerprint density at radius 1 is 1.41 bits per heavy atom. The number of aryl methyl sites for hydroxylation is 1. The molecule has 142 valence electrons. The molecular weight excluding hydrogens is 369 g/mol. The lowest BCUT2D eigenvalue weighted by molar-refractivity contribution is -0.116. The lowest BCUT2D eigenvalue weighted by Crippen LogP contribution is -2.37. The van der Waals surface area contributed by atoms with Gasteiger partial charge in [-0.1, -0.05) is 23.9 Å². The molecule has 1 aliphatic carbocycles. The highest BCUT2D eigenvalue weighted by atomic mass is 35.5. The van der Waals surface area contributed by atoms with Crippen LogP contribution in [0.2, 0.25) is 5.02 Å². The SMILES string of the molecule is CC#CC(=O)N[C@@H]1CCC[C@@H](c2c(F)cc(C(N)=O)c3[nH]c(C)c(Cl)c23)C1. The maximum absolute atomic E-state index is 15.0. The molecule has 1 aromatic heterocycles. The van der Waals surface area contributed by atoms with Gasteiger partial charge in [0.25, 0.3) is 11.8 Å². The molecule has 1 aromatic carbocycles. The summed E-state index contributed by atoms with van der Waals surface area (Å²) in [5, 5.41) is 3.79. The van der Waals surface area contributed by atoms with Crippen LogP contribution in [0.1, 0.15) is 60.1 Å². The van der Waals surface area contributed by atoms with Crippen LogP contribution in [-0.4, -0.2) is 22.8 Å². The fourth-order valence-corrected chi connectivity index (χ4v) is 4.21. The summed E-state index contributed by atoms with van der Waals surface area (Å²) in [7, 11) is 0. The summed E-state index contributed by atoms with van der Waals surface area (Å²) < 4.78 is 15.0. The molecular formula is C20H21ClFN3O2. The molecule has 1 heterocycles. The van der Waals surface area contributed by atoms with Crippen LogP contribution in [-0.2, 0) is 4.79 Å². The van der Waals surface area contributed by atoms with Gasteiger partial charge in [-0.05, 0) is 51.0 Å². The zero-order valence-corrected chi connectivity index (χ0v) is 16.0. The van der Waals surface area contributed by atoms with Crippen LogP contribution in [0.3, 0.4) is 0 Å². The average molecular weight is 390 g/mol. The van der Waals surface area contributed by atoms with E-state index in [1.807, 2.05) is 0 Å². The van der Waals surface area contributed by atoms with Crippen molar-refractivity contribution in [2.24, 2.45) is 5.73 Å². The lowest BCUT2D eigenvalue weighted by atomic mass is 9.79. The summed E-state index contributed by atoms with van der Waals surface area (Å²) in [4.78, 5) is 26.6. The largest absolute Gasteiger partial charge is 0.366 e. The summed E-state index contributed by atoms with van der Waals surface area (Å²) in [5.74, 6) is 3.38. The second-order valence-corrected chi connectivity index (χ2v) is 7.28. The monoisotopic (exact) mass is 389 g/mol. The van der Waals surface area contributed by atoms with Crippen LogP contribution in [0.4, 0.5) is 4.39 Å². The number of benzene rings is 1. The number of hydrogen-bond acceptors (Lipinski definition) is 2. The molecule has 1 fully saturated rings. The number of halogens is 2. The van der Waals surface area contributed by atoms with E-state index in [-0.39, 0.29) is 23.4 Å². The molecule has 0 aliphatic heterocycles. The van der Waals surface area contributed by atoms with Gasteiger partial charge in [-0.2, -0.15) is 0 Å². The van der Waals surface area contributed by atoms with Crippen molar-refractivity contribution in [3.05, 3.63) is 33.7 Å². The zero-order chi connectivity index (χ0) is 19.7. The van der Waals surface area contributed by atoms with Gasteiger partial charge in [-0.25, -0.2) is 4.39 Å². The Bertz CT molecular complexity index is 987. The van der Waals surface area contributed by atoms with Crippen molar-refractivity contribution in [2.75, 3.05) is 0 Å². The number of carbonyl (C=O) groups excluding carboxylic acids is 2. The molecule has 2 atom stereocenters. The third-order valence-corrected chi connectivity index (χ3v) is 5.57. The Morgan fingerprint density at radius 2 is 2.15 bits per heavy atom. The summed E-state index contributed by atoms with van der Waals surface area (Å²) in [6, 6.07) is 1.10. The van der Waals surface area contributed by atoms with E-state index < -0.39 is 11.7 Å². The molecule has 0 spiro atoms. The topological polar surface area (TPSA) is 88.0 Å². The maximum Gasteiger partial charge on any atom is 0.296 e. The Morgan fingerprint density at radius 3 is 2.81 bits per heavy atom. The van der Waals surface area contributed by atoms with Gasteiger partial charge >= 0.3 is 0 Å². The summed E-state index contributed by atoms with van der Waals surface area (Å²) in [5.41, 5.74) is 7.09. The Kier molecular flexibility index (Phi) is 5.43. The molecule has 3 rings (SSSR count). The van der Waals surface area contributed by atoms with Crippen molar-refractivity contribution in [3.63, 3.8) is 0 Å². The summed E-state index contributed by atoms with van der Waals surface area (Å²) >= 11 is 6.44. The molecule has 0 unspecified atom stereocenters. The van der Waals surface area contributed by atoms with Crippen LogP contribution in [0.15, 0.2) is 6.07 Å².